The van der Waals surface area contributed by atoms with Crippen LogP contribution in [0.5, 0.6) is 0 Å². The molecule has 2 aliphatic heterocycles. The van der Waals surface area contributed by atoms with Crippen molar-refractivity contribution in [2.24, 2.45) is 0 Å². The Morgan fingerprint density at radius 2 is 2.12 bits per heavy atom. The fourth-order valence-electron chi connectivity index (χ4n) is 2.12. The predicted molar refractivity (Wildman–Crippen MR) is 63.7 cm³/mol. The molecule has 2 rings (SSSR count). The number of amides is 1. The van der Waals surface area contributed by atoms with Crippen molar-refractivity contribution >= 4 is 5.91 Å². The van der Waals surface area contributed by atoms with Crippen molar-refractivity contribution in [1.29, 1.82) is 0 Å². The van der Waals surface area contributed by atoms with E-state index in [4.69, 9.17) is 9.47 Å². The molecule has 17 heavy (non-hydrogen) atoms. The van der Waals surface area contributed by atoms with Gasteiger partial charge in [-0.15, -0.1) is 0 Å². The van der Waals surface area contributed by atoms with Gasteiger partial charge in [-0.05, 0) is 6.92 Å². The zero-order chi connectivity index (χ0) is 13.1. The average Bonchev–Trinajstić information content (AvgIpc) is 2.85. The van der Waals surface area contributed by atoms with Crippen LogP contribution < -0.4 is 5.32 Å². The second-order valence-corrected chi connectivity index (χ2v) is 4.41. The lowest BCUT2D eigenvalue weighted by Crippen LogP contribution is -2.45. The summed E-state index contributed by atoms with van der Waals surface area (Å²) in [6.45, 7) is 8.17. The zero-order valence-electron chi connectivity index (χ0n) is 11.0. The molecule has 2 fully saturated rings. The van der Waals surface area contributed by atoms with E-state index in [1.165, 1.54) is 0 Å². The minimum Gasteiger partial charge on any atom is -0.385 e. The quantitative estimate of drug-likeness (QED) is 0.741. The van der Waals surface area contributed by atoms with Crippen molar-refractivity contribution in [2.45, 2.75) is 58.0 Å². The first kappa shape index (κ1) is 14.4. The Morgan fingerprint density at radius 1 is 1.47 bits per heavy atom. The summed E-state index contributed by atoms with van der Waals surface area (Å²) in [6, 6.07) is -0.128. The highest BCUT2D eigenvalue weighted by Gasteiger charge is 2.53. The molecule has 0 radical (unpaired) electrons. The number of carbonyl (C=O) groups excluding carboxylic acids is 1. The smallest absolute Gasteiger partial charge is 0.220 e. The van der Waals surface area contributed by atoms with Crippen molar-refractivity contribution in [3.05, 3.63) is 0 Å². The lowest BCUT2D eigenvalue weighted by Gasteiger charge is -2.21. The largest absolute Gasteiger partial charge is 0.385 e. The molecule has 4 atom stereocenters. The first-order valence-electron chi connectivity index (χ1n) is 6.29. The van der Waals surface area contributed by atoms with Crippen molar-refractivity contribution in [3.63, 3.8) is 0 Å². The first-order chi connectivity index (χ1) is 8.04. The van der Waals surface area contributed by atoms with Gasteiger partial charge in [0.1, 0.15) is 17.8 Å². The Kier molecular flexibility index (Phi) is 4.91. The van der Waals surface area contributed by atoms with Crippen LogP contribution >= 0.6 is 0 Å². The normalized spacial score (nSPS) is 39.2. The molecule has 0 bridgehead atoms. The molecular formula is C12H23NO4. The third-order valence-electron chi connectivity index (χ3n) is 3.00. The van der Waals surface area contributed by atoms with Crippen molar-refractivity contribution in [1.82, 2.24) is 5.32 Å². The van der Waals surface area contributed by atoms with Gasteiger partial charge >= 0.3 is 0 Å². The van der Waals surface area contributed by atoms with Gasteiger partial charge in [-0.3, -0.25) is 4.79 Å². The molecule has 2 N–H and O–H groups in total. The van der Waals surface area contributed by atoms with E-state index in [2.05, 4.69) is 5.32 Å². The van der Waals surface area contributed by atoms with Crippen LogP contribution in [0.4, 0.5) is 0 Å². The maximum absolute atomic E-state index is 11.2. The fraction of sp³-hybridized carbons (Fsp3) is 0.917. The lowest BCUT2D eigenvalue weighted by atomic mass is 9.98. The molecule has 0 aromatic rings. The minimum absolute atomic E-state index is 0.0145. The van der Waals surface area contributed by atoms with Crippen molar-refractivity contribution in [2.75, 3.05) is 13.2 Å². The third kappa shape index (κ3) is 2.97. The van der Waals surface area contributed by atoms with Crippen molar-refractivity contribution < 1.29 is 19.4 Å². The molecule has 2 heterocycles. The van der Waals surface area contributed by atoms with Gasteiger partial charge < -0.3 is 19.9 Å². The van der Waals surface area contributed by atoms with Crippen LogP contribution in [0.2, 0.25) is 0 Å². The molecule has 0 saturated carbocycles. The Hall–Kier alpha value is -0.650. The monoisotopic (exact) mass is 245 g/mol. The fourth-order valence-corrected chi connectivity index (χ4v) is 2.12. The molecule has 0 aromatic heterocycles. The molecule has 2 aliphatic rings. The molecule has 5 heteroatoms. The number of nitrogens with one attached hydrogen (secondary N) is 1. The van der Waals surface area contributed by atoms with E-state index in [-0.39, 0.29) is 30.8 Å². The van der Waals surface area contributed by atoms with Crippen LogP contribution in [0.3, 0.4) is 0 Å². The van der Waals surface area contributed by atoms with Crippen LogP contribution in [-0.2, 0) is 14.3 Å². The number of aliphatic hydroxyl groups is 1. The van der Waals surface area contributed by atoms with Crippen LogP contribution in [0, 0.1) is 0 Å². The van der Waals surface area contributed by atoms with Crippen LogP contribution in [0.1, 0.15) is 34.1 Å². The standard InChI is InChI=1S/C10H17NO4.C2H6/c1-3-7(12)11-6-4-14-9-8(6)15-5-10(9,2)13;1-2/h6,8-9,13H,3-5H2,1-2H3,(H,11,12);1-2H3. The molecule has 0 aliphatic carbocycles. The second-order valence-electron chi connectivity index (χ2n) is 4.41. The number of hydrogen-bond acceptors (Lipinski definition) is 4. The summed E-state index contributed by atoms with van der Waals surface area (Å²) in [5, 5.41) is 12.7. The van der Waals surface area contributed by atoms with Crippen LogP contribution in [0.25, 0.3) is 0 Å². The summed E-state index contributed by atoms with van der Waals surface area (Å²) in [5.41, 5.74) is -0.934. The predicted octanol–water partition coefficient (Wildman–Crippen LogP) is 0.456. The average molecular weight is 245 g/mol. The summed E-state index contributed by atoms with van der Waals surface area (Å²) >= 11 is 0. The van der Waals surface area contributed by atoms with Gasteiger partial charge in [-0.2, -0.15) is 0 Å². The van der Waals surface area contributed by atoms with Gasteiger partial charge in [0.2, 0.25) is 5.91 Å². The summed E-state index contributed by atoms with van der Waals surface area (Å²) in [7, 11) is 0. The molecule has 4 unspecified atom stereocenters. The second kappa shape index (κ2) is 5.80. The van der Waals surface area contributed by atoms with Crippen LogP contribution in [0.15, 0.2) is 0 Å². The summed E-state index contributed by atoms with van der Waals surface area (Å²) in [6.07, 6.45) is -0.0836. The van der Waals surface area contributed by atoms with Crippen LogP contribution in [-0.4, -0.2) is 48.1 Å². The summed E-state index contributed by atoms with van der Waals surface area (Å²) in [5.74, 6) is -0.0145. The van der Waals surface area contributed by atoms with Gasteiger partial charge in [0, 0.05) is 6.42 Å². The minimum atomic E-state index is -0.934. The Labute approximate surface area is 102 Å². The highest BCUT2D eigenvalue weighted by molar-refractivity contribution is 5.76. The first-order valence-corrected chi connectivity index (χ1v) is 6.29. The number of fused-ring (bicyclic) bond motifs is 1. The third-order valence-corrected chi connectivity index (χ3v) is 3.00. The number of hydrogen-bond donors (Lipinski definition) is 2. The molecule has 5 nitrogen and oxygen atoms in total. The molecule has 2 saturated heterocycles. The number of ether oxygens (including phenoxy) is 2. The van der Waals surface area contributed by atoms with E-state index in [0.717, 1.165) is 0 Å². The van der Waals surface area contributed by atoms with Gasteiger partial charge in [0.05, 0.1) is 19.3 Å². The molecule has 0 aromatic carbocycles. The molecule has 1 amide bonds. The maximum atomic E-state index is 11.2. The number of rotatable bonds is 2. The zero-order valence-corrected chi connectivity index (χ0v) is 11.0. The van der Waals surface area contributed by atoms with Gasteiger partial charge in [0.25, 0.3) is 0 Å². The Morgan fingerprint density at radius 3 is 2.71 bits per heavy atom. The molecular weight excluding hydrogens is 222 g/mol. The van der Waals surface area contributed by atoms with Gasteiger partial charge in [-0.25, -0.2) is 0 Å². The van der Waals surface area contributed by atoms with E-state index in [9.17, 15) is 9.90 Å². The highest BCUT2D eigenvalue weighted by Crippen LogP contribution is 2.33. The molecule has 100 valence electrons. The van der Waals surface area contributed by atoms with Gasteiger partial charge in [-0.1, -0.05) is 20.8 Å². The summed E-state index contributed by atoms with van der Waals surface area (Å²) < 4.78 is 10.9. The highest BCUT2D eigenvalue weighted by atomic mass is 16.6. The van der Waals surface area contributed by atoms with E-state index in [1.807, 2.05) is 13.8 Å². The Balaban J connectivity index is 0.000000686. The van der Waals surface area contributed by atoms with Crippen molar-refractivity contribution in [3.8, 4) is 0 Å². The SMILES string of the molecule is CC.CCC(=O)NC1COC2C1OCC2(C)O. The summed E-state index contributed by atoms with van der Waals surface area (Å²) in [4.78, 5) is 11.2. The van der Waals surface area contributed by atoms with E-state index < -0.39 is 5.60 Å². The van der Waals surface area contributed by atoms with E-state index in [1.54, 1.807) is 13.8 Å². The lowest BCUT2D eigenvalue weighted by molar-refractivity contribution is -0.122. The maximum Gasteiger partial charge on any atom is 0.220 e. The Bertz CT molecular complexity index is 267. The van der Waals surface area contributed by atoms with E-state index >= 15 is 0 Å². The van der Waals surface area contributed by atoms with Gasteiger partial charge in [0.15, 0.2) is 0 Å². The topological polar surface area (TPSA) is 67.8 Å². The molecule has 0 spiro atoms. The van der Waals surface area contributed by atoms with E-state index in [0.29, 0.717) is 13.0 Å². The number of carbonyl (C=O) groups is 1.